The van der Waals surface area contributed by atoms with Crippen LogP contribution in [0.1, 0.15) is 41.8 Å². The molecule has 0 spiro atoms. The molecule has 5 heteroatoms. The summed E-state index contributed by atoms with van der Waals surface area (Å²) >= 11 is 1.26. The molecule has 1 aromatic rings. The first-order valence-electron chi connectivity index (χ1n) is 5.60. The van der Waals surface area contributed by atoms with Crippen LogP contribution in [0, 0.1) is 0 Å². The summed E-state index contributed by atoms with van der Waals surface area (Å²) in [7, 11) is 2.01. The molecule has 0 saturated heterocycles. The second-order valence-electron chi connectivity index (χ2n) is 4.21. The Kier molecular flexibility index (Phi) is 3.43. The summed E-state index contributed by atoms with van der Waals surface area (Å²) in [5, 5.41) is 9.67. The van der Waals surface area contributed by atoms with Gasteiger partial charge in [-0.3, -0.25) is 0 Å². The van der Waals surface area contributed by atoms with Gasteiger partial charge >= 0.3 is 5.97 Å². The number of nitrogens with zero attached hydrogens (tertiary/aromatic N) is 2. The molecular formula is C11H16N2O2S. The zero-order valence-electron chi connectivity index (χ0n) is 9.35. The summed E-state index contributed by atoms with van der Waals surface area (Å²) < 4.78 is 0. The maximum absolute atomic E-state index is 10.8. The Morgan fingerprint density at radius 1 is 1.50 bits per heavy atom. The molecule has 1 heterocycles. The molecule has 1 saturated carbocycles. The fourth-order valence-corrected chi connectivity index (χ4v) is 2.94. The smallest absolute Gasteiger partial charge is 0.347 e. The molecule has 0 atom stereocenters. The van der Waals surface area contributed by atoms with Crippen LogP contribution in [0.15, 0.2) is 6.20 Å². The quantitative estimate of drug-likeness (QED) is 0.882. The van der Waals surface area contributed by atoms with Crippen molar-refractivity contribution in [2.75, 3.05) is 11.9 Å². The molecule has 1 N–H and O–H groups in total. The minimum atomic E-state index is -0.888. The third kappa shape index (κ3) is 2.35. The van der Waals surface area contributed by atoms with Crippen LogP contribution >= 0.6 is 11.3 Å². The monoisotopic (exact) mass is 240 g/mol. The van der Waals surface area contributed by atoms with Gasteiger partial charge < -0.3 is 10.0 Å². The number of anilines is 1. The zero-order chi connectivity index (χ0) is 11.5. The van der Waals surface area contributed by atoms with Crippen molar-refractivity contribution in [3.05, 3.63) is 11.1 Å². The molecule has 0 aliphatic heterocycles. The van der Waals surface area contributed by atoms with Crippen LogP contribution in [-0.2, 0) is 0 Å². The highest BCUT2D eigenvalue weighted by atomic mass is 32.1. The number of hydrogen-bond donors (Lipinski definition) is 1. The lowest BCUT2D eigenvalue weighted by Gasteiger charge is -2.30. The Morgan fingerprint density at radius 2 is 2.19 bits per heavy atom. The Bertz CT molecular complexity index is 372. The van der Waals surface area contributed by atoms with Crippen LogP contribution in [0.25, 0.3) is 0 Å². The van der Waals surface area contributed by atoms with Crippen LogP contribution in [0.2, 0.25) is 0 Å². The van der Waals surface area contributed by atoms with Gasteiger partial charge in [0.1, 0.15) is 4.88 Å². The predicted octanol–water partition coefficient (Wildman–Crippen LogP) is 2.61. The highest BCUT2D eigenvalue weighted by Gasteiger charge is 2.21. The van der Waals surface area contributed by atoms with Gasteiger partial charge in [0.15, 0.2) is 5.13 Å². The van der Waals surface area contributed by atoms with Gasteiger partial charge in [-0.15, -0.1) is 0 Å². The fourth-order valence-electron chi connectivity index (χ4n) is 2.15. The SMILES string of the molecule is CN(c1ncc(C(=O)O)s1)C1CCCCC1. The van der Waals surface area contributed by atoms with E-state index in [0.29, 0.717) is 10.9 Å². The van der Waals surface area contributed by atoms with E-state index in [2.05, 4.69) is 9.88 Å². The van der Waals surface area contributed by atoms with Crippen molar-refractivity contribution in [2.45, 2.75) is 38.1 Å². The van der Waals surface area contributed by atoms with Gasteiger partial charge in [-0.05, 0) is 12.8 Å². The van der Waals surface area contributed by atoms with Crippen molar-refractivity contribution >= 4 is 22.4 Å². The van der Waals surface area contributed by atoms with Crippen molar-refractivity contribution in [1.29, 1.82) is 0 Å². The maximum Gasteiger partial charge on any atom is 0.347 e. The Balaban J connectivity index is 2.07. The Hall–Kier alpha value is -1.10. The standard InChI is InChI=1S/C11H16N2O2S/c1-13(8-5-3-2-4-6-8)11-12-7-9(16-11)10(14)15/h7-8H,2-6H2,1H3,(H,14,15). The van der Waals surface area contributed by atoms with Gasteiger partial charge in [-0.2, -0.15) is 0 Å². The number of carboxylic acids is 1. The largest absolute Gasteiger partial charge is 0.477 e. The van der Waals surface area contributed by atoms with E-state index in [4.69, 9.17) is 5.11 Å². The number of thiazole rings is 1. The molecule has 0 unspecified atom stereocenters. The molecule has 1 aliphatic rings. The van der Waals surface area contributed by atoms with Crippen molar-refractivity contribution in [1.82, 2.24) is 4.98 Å². The molecule has 0 radical (unpaired) electrons. The average molecular weight is 240 g/mol. The molecule has 1 aromatic heterocycles. The van der Waals surface area contributed by atoms with Crippen molar-refractivity contribution in [3.63, 3.8) is 0 Å². The first-order chi connectivity index (χ1) is 7.68. The van der Waals surface area contributed by atoms with E-state index < -0.39 is 5.97 Å². The first kappa shape index (κ1) is 11.4. The minimum Gasteiger partial charge on any atom is -0.477 e. The van der Waals surface area contributed by atoms with Crippen LogP contribution in [0.5, 0.6) is 0 Å². The molecule has 0 amide bonds. The van der Waals surface area contributed by atoms with E-state index in [-0.39, 0.29) is 0 Å². The summed E-state index contributed by atoms with van der Waals surface area (Å²) in [6, 6.07) is 0.529. The summed E-state index contributed by atoms with van der Waals surface area (Å²) in [4.78, 5) is 17.4. The lowest BCUT2D eigenvalue weighted by molar-refractivity contribution is 0.0702. The lowest BCUT2D eigenvalue weighted by Crippen LogP contribution is -2.33. The number of carbonyl (C=O) groups is 1. The van der Waals surface area contributed by atoms with E-state index in [1.54, 1.807) is 0 Å². The molecular weight excluding hydrogens is 224 g/mol. The van der Waals surface area contributed by atoms with Gasteiger partial charge in [-0.1, -0.05) is 30.6 Å². The number of carboxylic acid groups (broad SMARTS) is 1. The highest BCUT2D eigenvalue weighted by molar-refractivity contribution is 7.17. The van der Waals surface area contributed by atoms with E-state index in [1.807, 2.05) is 7.05 Å². The summed E-state index contributed by atoms with van der Waals surface area (Å²) in [5.74, 6) is -0.888. The topological polar surface area (TPSA) is 53.4 Å². The second kappa shape index (κ2) is 4.82. The summed E-state index contributed by atoms with van der Waals surface area (Å²) in [6.45, 7) is 0. The predicted molar refractivity (Wildman–Crippen MR) is 64.3 cm³/mol. The number of aromatic nitrogens is 1. The molecule has 0 aromatic carbocycles. The fraction of sp³-hybridized carbons (Fsp3) is 0.636. The van der Waals surface area contributed by atoms with E-state index in [1.165, 1.54) is 49.6 Å². The number of rotatable bonds is 3. The zero-order valence-corrected chi connectivity index (χ0v) is 10.2. The minimum absolute atomic E-state index is 0.317. The normalized spacial score (nSPS) is 17.3. The summed E-state index contributed by atoms with van der Waals surface area (Å²) in [6.07, 6.45) is 7.69. The van der Waals surface area contributed by atoms with Crippen molar-refractivity contribution in [2.24, 2.45) is 0 Å². The summed E-state index contributed by atoms with van der Waals surface area (Å²) in [5.41, 5.74) is 0. The Morgan fingerprint density at radius 3 is 2.75 bits per heavy atom. The van der Waals surface area contributed by atoms with Crippen molar-refractivity contribution < 1.29 is 9.90 Å². The van der Waals surface area contributed by atoms with Gasteiger partial charge in [0.05, 0.1) is 6.20 Å². The van der Waals surface area contributed by atoms with Gasteiger partial charge in [0, 0.05) is 13.1 Å². The van der Waals surface area contributed by atoms with Crippen LogP contribution in [-0.4, -0.2) is 29.1 Å². The second-order valence-corrected chi connectivity index (χ2v) is 5.22. The van der Waals surface area contributed by atoms with Crippen molar-refractivity contribution in [3.8, 4) is 0 Å². The molecule has 16 heavy (non-hydrogen) atoms. The molecule has 0 bridgehead atoms. The number of hydrogen-bond acceptors (Lipinski definition) is 4. The lowest BCUT2D eigenvalue weighted by atomic mass is 9.95. The molecule has 1 fully saturated rings. The number of aromatic carboxylic acids is 1. The molecule has 2 rings (SSSR count). The van der Waals surface area contributed by atoms with Crippen LogP contribution in [0.3, 0.4) is 0 Å². The first-order valence-corrected chi connectivity index (χ1v) is 6.42. The van der Waals surface area contributed by atoms with E-state index >= 15 is 0 Å². The van der Waals surface area contributed by atoms with Gasteiger partial charge in [-0.25, -0.2) is 9.78 Å². The highest BCUT2D eigenvalue weighted by Crippen LogP contribution is 2.28. The van der Waals surface area contributed by atoms with Crippen LogP contribution in [0.4, 0.5) is 5.13 Å². The maximum atomic E-state index is 10.8. The van der Waals surface area contributed by atoms with Crippen LogP contribution < -0.4 is 4.90 Å². The molecule has 1 aliphatic carbocycles. The van der Waals surface area contributed by atoms with E-state index in [9.17, 15) is 4.79 Å². The molecule has 4 nitrogen and oxygen atoms in total. The van der Waals surface area contributed by atoms with E-state index in [0.717, 1.165) is 5.13 Å². The molecule has 88 valence electrons. The van der Waals surface area contributed by atoms with Gasteiger partial charge in [0.25, 0.3) is 0 Å². The third-order valence-corrected chi connectivity index (χ3v) is 4.20. The average Bonchev–Trinajstić information content (AvgIpc) is 2.78. The van der Waals surface area contributed by atoms with Gasteiger partial charge in [0.2, 0.25) is 0 Å². The third-order valence-electron chi connectivity index (χ3n) is 3.13. The Labute approximate surface area is 98.9 Å².